The van der Waals surface area contributed by atoms with Gasteiger partial charge in [-0.1, -0.05) is 5.16 Å². The maximum atomic E-state index is 12.3. The fourth-order valence-corrected chi connectivity index (χ4v) is 2.98. The zero-order valence-corrected chi connectivity index (χ0v) is 12.4. The minimum atomic E-state index is 0.206. The molecule has 0 spiro atoms. The molecule has 3 heterocycles. The zero-order valence-electron chi connectivity index (χ0n) is 12.4. The number of carbonyl (C=O) groups is 1. The molecule has 0 radical (unpaired) electrons. The molecule has 21 heavy (non-hydrogen) atoms. The van der Waals surface area contributed by atoms with Crippen LogP contribution in [0.4, 0.5) is 0 Å². The first-order chi connectivity index (χ1) is 10.1. The second-order valence-corrected chi connectivity index (χ2v) is 5.64. The van der Waals surface area contributed by atoms with Gasteiger partial charge in [0, 0.05) is 42.9 Å². The van der Waals surface area contributed by atoms with Crippen molar-refractivity contribution in [1.82, 2.24) is 20.3 Å². The molecule has 1 aliphatic rings. The number of hydrogen-bond acceptors (Lipinski definition) is 4. The van der Waals surface area contributed by atoms with Crippen molar-refractivity contribution in [2.45, 2.75) is 39.0 Å². The second-order valence-electron chi connectivity index (χ2n) is 5.64. The van der Waals surface area contributed by atoms with Crippen LogP contribution in [0.3, 0.4) is 0 Å². The number of aromatic amines is 1. The van der Waals surface area contributed by atoms with Gasteiger partial charge in [-0.05, 0) is 32.8 Å². The Labute approximate surface area is 123 Å². The molecule has 0 bridgehead atoms. The van der Waals surface area contributed by atoms with E-state index < -0.39 is 0 Å². The van der Waals surface area contributed by atoms with Crippen molar-refractivity contribution in [2.75, 3.05) is 13.1 Å². The summed E-state index contributed by atoms with van der Waals surface area (Å²) in [6, 6.07) is 1.99. The Morgan fingerprint density at radius 1 is 1.52 bits per heavy atom. The molecule has 0 aliphatic carbocycles. The Kier molecular flexibility index (Phi) is 3.77. The molecular formula is C15H20N4O2. The van der Waals surface area contributed by atoms with E-state index in [1.165, 1.54) is 0 Å². The fourth-order valence-electron chi connectivity index (χ4n) is 2.98. The van der Waals surface area contributed by atoms with Crippen LogP contribution in [0.2, 0.25) is 0 Å². The van der Waals surface area contributed by atoms with E-state index in [4.69, 9.17) is 4.52 Å². The van der Waals surface area contributed by atoms with Gasteiger partial charge in [0.05, 0.1) is 5.69 Å². The van der Waals surface area contributed by atoms with Gasteiger partial charge in [0.25, 0.3) is 0 Å². The van der Waals surface area contributed by atoms with Crippen molar-refractivity contribution in [3.05, 3.63) is 35.0 Å². The molecule has 1 fully saturated rings. The van der Waals surface area contributed by atoms with Crippen molar-refractivity contribution in [3.8, 4) is 0 Å². The van der Waals surface area contributed by atoms with Crippen LogP contribution in [0.1, 0.15) is 41.5 Å². The van der Waals surface area contributed by atoms with Gasteiger partial charge in [-0.15, -0.1) is 0 Å². The number of aryl methyl sites for hydroxylation is 2. The Morgan fingerprint density at radius 2 is 2.38 bits per heavy atom. The topological polar surface area (TPSA) is 75.0 Å². The van der Waals surface area contributed by atoms with Gasteiger partial charge in [0.2, 0.25) is 5.91 Å². The summed E-state index contributed by atoms with van der Waals surface area (Å²) in [5, 5.41) is 10.9. The number of amides is 1. The van der Waals surface area contributed by atoms with Crippen LogP contribution in [0, 0.1) is 13.8 Å². The van der Waals surface area contributed by atoms with E-state index in [0.717, 1.165) is 42.2 Å². The highest BCUT2D eigenvalue weighted by atomic mass is 16.5. The average Bonchev–Trinajstić information content (AvgIpc) is 3.18. The molecule has 1 amide bonds. The standard InChI is InChI=1S/C15H20N4O2/c1-10-13(11(2)21-18-10)3-4-15(20)19-8-6-12(9-19)14-5-7-16-17-14/h5,7,12H,3-4,6,8-9H2,1-2H3,(H,16,17)/t12-/m1/s1. The summed E-state index contributed by atoms with van der Waals surface area (Å²) < 4.78 is 5.13. The summed E-state index contributed by atoms with van der Waals surface area (Å²) >= 11 is 0. The highest BCUT2D eigenvalue weighted by Gasteiger charge is 2.28. The molecule has 6 heteroatoms. The number of rotatable bonds is 4. The molecule has 1 saturated heterocycles. The number of carbonyl (C=O) groups excluding carboxylic acids is 1. The molecular weight excluding hydrogens is 268 g/mol. The van der Waals surface area contributed by atoms with Crippen molar-refractivity contribution in [3.63, 3.8) is 0 Å². The third-order valence-electron chi connectivity index (χ3n) is 4.27. The van der Waals surface area contributed by atoms with Crippen LogP contribution in [0.25, 0.3) is 0 Å². The Bertz CT molecular complexity index is 598. The molecule has 2 aromatic rings. The molecule has 1 aliphatic heterocycles. The Hall–Kier alpha value is -2.11. The number of aromatic nitrogens is 3. The maximum absolute atomic E-state index is 12.3. The van der Waals surface area contributed by atoms with Crippen molar-refractivity contribution in [2.24, 2.45) is 0 Å². The summed E-state index contributed by atoms with van der Waals surface area (Å²) in [6.07, 6.45) is 3.97. The SMILES string of the molecule is Cc1noc(C)c1CCC(=O)N1CC[C@@H](c2ccn[nH]2)C1. The van der Waals surface area contributed by atoms with Crippen molar-refractivity contribution < 1.29 is 9.32 Å². The van der Waals surface area contributed by atoms with Gasteiger partial charge in [-0.2, -0.15) is 5.10 Å². The lowest BCUT2D eigenvalue weighted by Crippen LogP contribution is -2.28. The van der Waals surface area contributed by atoms with E-state index in [9.17, 15) is 4.79 Å². The minimum absolute atomic E-state index is 0.206. The largest absolute Gasteiger partial charge is 0.361 e. The summed E-state index contributed by atoms with van der Waals surface area (Å²) in [4.78, 5) is 14.3. The Morgan fingerprint density at radius 3 is 3.05 bits per heavy atom. The van der Waals surface area contributed by atoms with E-state index in [1.54, 1.807) is 6.20 Å². The van der Waals surface area contributed by atoms with Crippen LogP contribution in [-0.4, -0.2) is 39.3 Å². The van der Waals surface area contributed by atoms with Crippen molar-refractivity contribution >= 4 is 5.91 Å². The van der Waals surface area contributed by atoms with Gasteiger partial charge < -0.3 is 9.42 Å². The first-order valence-electron chi connectivity index (χ1n) is 7.34. The van der Waals surface area contributed by atoms with E-state index in [1.807, 2.05) is 24.8 Å². The van der Waals surface area contributed by atoms with Gasteiger partial charge in [0.15, 0.2) is 0 Å². The predicted molar refractivity (Wildman–Crippen MR) is 76.8 cm³/mol. The second kappa shape index (κ2) is 5.71. The summed E-state index contributed by atoms with van der Waals surface area (Å²) in [5.74, 6) is 1.41. The van der Waals surface area contributed by atoms with Gasteiger partial charge in [0.1, 0.15) is 5.76 Å². The van der Waals surface area contributed by atoms with Gasteiger partial charge >= 0.3 is 0 Å². The molecule has 1 atom stereocenters. The lowest BCUT2D eigenvalue weighted by molar-refractivity contribution is -0.130. The number of likely N-dealkylation sites (tertiary alicyclic amines) is 1. The average molecular weight is 288 g/mol. The Balaban J connectivity index is 1.55. The van der Waals surface area contributed by atoms with Gasteiger partial charge in [-0.3, -0.25) is 9.89 Å². The third-order valence-corrected chi connectivity index (χ3v) is 4.27. The molecule has 1 N–H and O–H groups in total. The van der Waals surface area contributed by atoms with Crippen LogP contribution in [-0.2, 0) is 11.2 Å². The van der Waals surface area contributed by atoms with Gasteiger partial charge in [-0.25, -0.2) is 0 Å². The normalized spacial score (nSPS) is 18.4. The van der Waals surface area contributed by atoms with Crippen LogP contribution < -0.4 is 0 Å². The highest BCUT2D eigenvalue weighted by Crippen LogP contribution is 2.26. The molecule has 0 aromatic carbocycles. The summed E-state index contributed by atoms with van der Waals surface area (Å²) in [7, 11) is 0. The monoisotopic (exact) mass is 288 g/mol. The summed E-state index contributed by atoms with van der Waals surface area (Å²) in [6.45, 7) is 5.41. The number of nitrogens with zero attached hydrogens (tertiary/aromatic N) is 3. The number of hydrogen-bond donors (Lipinski definition) is 1. The van der Waals surface area contributed by atoms with E-state index in [-0.39, 0.29) is 5.91 Å². The first kappa shape index (κ1) is 13.9. The number of nitrogens with one attached hydrogen (secondary N) is 1. The maximum Gasteiger partial charge on any atom is 0.222 e. The minimum Gasteiger partial charge on any atom is -0.361 e. The van der Waals surface area contributed by atoms with Crippen LogP contribution >= 0.6 is 0 Å². The lowest BCUT2D eigenvalue weighted by atomic mass is 10.1. The lowest BCUT2D eigenvalue weighted by Gasteiger charge is -2.16. The molecule has 112 valence electrons. The van der Waals surface area contributed by atoms with E-state index in [2.05, 4.69) is 15.4 Å². The smallest absolute Gasteiger partial charge is 0.222 e. The first-order valence-corrected chi connectivity index (χ1v) is 7.34. The van der Waals surface area contributed by atoms with Crippen LogP contribution in [0.5, 0.6) is 0 Å². The molecule has 2 aromatic heterocycles. The highest BCUT2D eigenvalue weighted by molar-refractivity contribution is 5.77. The molecule has 6 nitrogen and oxygen atoms in total. The third kappa shape index (κ3) is 2.84. The van der Waals surface area contributed by atoms with E-state index >= 15 is 0 Å². The quantitative estimate of drug-likeness (QED) is 0.933. The molecule has 0 saturated carbocycles. The molecule has 0 unspecified atom stereocenters. The predicted octanol–water partition coefficient (Wildman–Crippen LogP) is 1.96. The zero-order chi connectivity index (χ0) is 14.8. The molecule has 3 rings (SSSR count). The number of H-pyrrole nitrogens is 1. The van der Waals surface area contributed by atoms with Crippen molar-refractivity contribution in [1.29, 1.82) is 0 Å². The fraction of sp³-hybridized carbons (Fsp3) is 0.533. The van der Waals surface area contributed by atoms with E-state index in [0.29, 0.717) is 18.8 Å². The van der Waals surface area contributed by atoms with Crippen LogP contribution in [0.15, 0.2) is 16.8 Å². The summed E-state index contributed by atoms with van der Waals surface area (Å²) in [5.41, 5.74) is 3.07.